The minimum absolute atomic E-state index is 0.0754. The molecule has 0 aromatic rings. The zero-order chi connectivity index (χ0) is 43.0. The fourth-order valence-electron chi connectivity index (χ4n) is 7.23. The maximum Gasteiger partial charge on any atom is 0.306 e. The van der Waals surface area contributed by atoms with E-state index in [9.17, 15) is 14.4 Å². The van der Waals surface area contributed by atoms with E-state index in [0.29, 0.717) is 19.3 Å². The van der Waals surface area contributed by atoms with E-state index in [4.69, 9.17) is 14.2 Å². The van der Waals surface area contributed by atoms with Gasteiger partial charge in [0.15, 0.2) is 6.10 Å². The summed E-state index contributed by atoms with van der Waals surface area (Å²) >= 11 is 0. The fraction of sp³-hybridized carbons (Fsp3) is 0.830. The Labute approximate surface area is 365 Å². The Kier molecular flexibility index (Phi) is 46.4. The number of carbonyl (C=O) groups excluding carboxylic acids is 3. The molecular weight excluding hydrogens is 733 g/mol. The minimum atomic E-state index is -0.775. The molecule has 1 unspecified atom stereocenters. The summed E-state index contributed by atoms with van der Waals surface area (Å²) in [5, 5.41) is 0. The van der Waals surface area contributed by atoms with Gasteiger partial charge in [-0.05, 0) is 77.0 Å². The molecule has 0 fully saturated rings. The summed E-state index contributed by atoms with van der Waals surface area (Å²) in [7, 11) is 0. The molecule has 0 aliphatic rings. The highest BCUT2D eigenvalue weighted by atomic mass is 16.6. The second kappa shape index (κ2) is 48.3. The van der Waals surface area contributed by atoms with Crippen LogP contribution in [0.3, 0.4) is 0 Å². The third-order valence-electron chi connectivity index (χ3n) is 11.1. The van der Waals surface area contributed by atoms with E-state index in [1.165, 1.54) is 148 Å². The molecule has 0 radical (unpaired) electrons. The quantitative estimate of drug-likeness (QED) is 0.0263. The monoisotopic (exact) mass is 829 g/mol. The number of rotatable bonds is 46. The Morgan fingerprint density at radius 3 is 1.00 bits per heavy atom. The number of carbonyl (C=O) groups is 3. The van der Waals surface area contributed by atoms with E-state index in [0.717, 1.165) is 77.0 Å². The average molecular weight is 829 g/mol. The van der Waals surface area contributed by atoms with Gasteiger partial charge in [-0.1, -0.05) is 205 Å². The predicted molar refractivity (Wildman–Crippen MR) is 252 cm³/mol. The third-order valence-corrected chi connectivity index (χ3v) is 11.1. The molecule has 0 spiro atoms. The Hall–Kier alpha value is -2.37. The molecule has 1 atom stereocenters. The summed E-state index contributed by atoms with van der Waals surface area (Å²) < 4.78 is 16.8. The van der Waals surface area contributed by atoms with Crippen molar-refractivity contribution in [3.05, 3.63) is 36.5 Å². The first-order valence-electron chi connectivity index (χ1n) is 25.5. The maximum absolute atomic E-state index is 12.8. The van der Waals surface area contributed by atoms with Crippen molar-refractivity contribution in [2.75, 3.05) is 13.2 Å². The van der Waals surface area contributed by atoms with Crippen molar-refractivity contribution in [2.24, 2.45) is 0 Å². The Bertz CT molecular complexity index is 1000. The van der Waals surface area contributed by atoms with E-state index >= 15 is 0 Å². The van der Waals surface area contributed by atoms with Gasteiger partial charge in [-0.15, -0.1) is 0 Å². The smallest absolute Gasteiger partial charge is 0.306 e. The van der Waals surface area contributed by atoms with Crippen LogP contribution >= 0.6 is 0 Å². The molecule has 0 heterocycles. The first-order chi connectivity index (χ1) is 29.0. The largest absolute Gasteiger partial charge is 0.462 e. The molecule has 0 aliphatic heterocycles. The van der Waals surface area contributed by atoms with Crippen LogP contribution in [0.15, 0.2) is 36.5 Å². The molecule has 0 amide bonds. The minimum Gasteiger partial charge on any atom is -0.462 e. The summed E-state index contributed by atoms with van der Waals surface area (Å²) in [5.74, 6) is -0.885. The van der Waals surface area contributed by atoms with Gasteiger partial charge in [0.2, 0.25) is 0 Å². The molecule has 0 rings (SSSR count). The van der Waals surface area contributed by atoms with Crippen molar-refractivity contribution in [1.29, 1.82) is 0 Å². The lowest BCUT2D eigenvalue weighted by atomic mass is 10.1. The number of hydrogen-bond donors (Lipinski definition) is 0. The van der Waals surface area contributed by atoms with Gasteiger partial charge < -0.3 is 14.2 Å². The van der Waals surface area contributed by atoms with E-state index in [-0.39, 0.29) is 31.1 Å². The molecule has 344 valence electrons. The van der Waals surface area contributed by atoms with Crippen molar-refractivity contribution in [3.8, 4) is 0 Å². The zero-order valence-electron chi connectivity index (χ0n) is 39.3. The average Bonchev–Trinajstić information content (AvgIpc) is 3.23. The van der Waals surface area contributed by atoms with Crippen LogP contribution in [-0.4, -0.2) is 37.2 Å². The summed E-state index contributed by atoms with van der Waals surface area (Å²) in [6.07, 6.45) is 55.5. The Morgan fingerprint density at radius 1 is 0.339 bits per heavy atom. The number of allylic oxidation sites excluding steroid dienone is 6. The van der Waals surface area contributed by atoms with E-state index in [1.807, 2.05) is 0 Å². The van der Waals surface area contributed by atoms with Crippen LogP contribution in [0.4, 0.5) is 0 Å². The summed E-state index contributed by atoms with van der Waals surface area (Å²) in [5.41, 5.74) is 0. The normalized spacial score (nSPS) is 12.3. The molecule has 0 N–H and O–H groups in total. The van der Waals surface area contributed by atoms with Crippen LogP contribution in [-0.2, 0) is 28.6 Å². The highest BCUT2D eigenvalue weighted by Gasteiger charge is 2.19. The fourth-order valence-corrected chi connectivity index (χ4v) is 7.23. The zero-order valence-corrected chi connectivity index (χ0v) is 39.3. The van der Waals surface area contributed by atoms with Crippen LogP contribution < -0.4 is 0 Å². The van der Waals surface area contributed by atoms with Crippen LogP contribution in [0.1, 0.15) is 265 Å². The number of unbranched alkanes of at least 4 members (excludes halogenated alkanes) is 29. The molecule has 0 aromatic heterocycles. The summed E-state index contributed by atoms with van der Waals surface area (Å²) in [6.45, 7) is 6.59. The summed E-state index contributed by atoms with van der Waals surface area (Å²) in [6, 6.07) is 0. The lowest BCUT2D eigenvalue weighted by Crippen LogP contribution is -2.30. The maximum atomic E-state index is 12.8. The van der Waals surface area contributed by atoms with Crippen molar-refractivity contribution in [3.63, 3.8) is 0 Å². The van der Waals surface area contributed by atoms with E-state index in [1.54, 1.807) is 0 Å². The van der Waals surface area contributed by atoms with E-state index in [2.05, 4.69) is 57.2 Å². The van der Waals surface area contributed by atoms with E-state index < -0.39 is 6.10 Å². The van der Waals surface area contributed by atoms with Crippen LogP contribution in [0.2, 0.25) is 0 Å². The van der Waals surface area contributed by atoms with Gasteiger partial charge in [-0.3, -0.25) is 14.4 Å². The second-order valence-electron chi connectivity index (χ2n) is 17.1. The Balaban J connectivity index is 4.35. The molecule has 0 aromatic carbocycles. The number of hydrogen-bond acceptors (Lipinski definition) is 6. The molecule has 59 heavy (non-hydrogen) atoms. The Morgan fingerprint density at radius 2 is 0.610 bits per heavy atom. The highest BCUT2D eigenvalue weighted by molar-refractivity contribution is 5.71. The van der Waals surface area contributed by atoms with Crippen LogP contribution in [0, 0.1) is 0 Å². The molecule has 6 heteroatoms. The second-order valence-corrected chi connectivity index (χ2v) is 17.1. The van der Waals surface area contributed by atoms with Crippen LogP contribution in [0.5, 0.6) is 0 Å². The van der Waals surface area contributed by atoms with Crippen molar-refractivity contribution in [1.82, 2.24) is 0 Å². The molecule has 0 saturated heterocycles. The van der Waals surface area contributed by atoms with Crippen molar-refractivity contribution >= 4 is 17.9 Å². The van der Waals surface area contributed by atoms with Gasteiger partial charge >= 0.3 is 17.9 Å². The number of esters is 3. The van der Waals surface area contributed by atoms with Gasteiger partial charge in [-0.25, -0.2) is 0 Å². The molecule has 6 nitrogen and oxygen atoms in total. The standard InChI is InChI=1S/C53H96O6/c1-4-7-10-13-16-19-22-24-25-26-27-29-31-34-37-40-43-46-52(55)58-49-50(48-57-51(54)45-42-39-36-33-30-21-18-15-12-9-6-3)59-53(56)47-44-41-38-35-32-28-23-20-17-14-11-8-5-2/h16,19-20,23-25,50H,4-15,17-18,21-22,26-49H2,1-3H3/b19-16-,23-20-,25-24-. The van der Waals surface area contributed by atoms with Crippen molar-refractivity contribution in [2.45, 2.75) is 271 Å². The predicted octanol–water partition coefficient (Wildman–Crippen LogP) is 16.5. The van der Waals surface area contributed by atoms with Gasteiger partial charge in [0.1, 0.15) is 13.2 Å². The molecule has 0 aliphatic carbocycles. The highest BCUT2D eigenvalue weighted by Crippen LogP contribution is 2.15. The number of ether oxygens (including phenoxy) is 3. The van der Waals surface area contributed by atoms with Gasteiger partial charge in [0, 0.05) is 19.3 Å². The van der Waals surface area contributed by atoms with Crippen LogP contribution in [0.25, 0.3) is 0 Å². The first kappa shape index (κ1) is 56.6. The lowest BCUT2D eigenvalue weighted by Gasteiger charge is -2.18. The van der Waals surface area contributed by atoms with Gasteiger partial charge in [-0.2, -0.15) is 0 Å². The topological polar surface area (TPSA) is 78.9 Å². The third kappa shape index (κ3) is 46.5. The summed E-state index contributed by atoms with van der Waals surface area (Å²) in [4.78, 5) is 37.9. The lowest BCUT2D eigenvalue weighted by molar-refractivity contribution is -0.167. The van der Waals surface area contributed by atoms with Crippen molar-refractivity contribution < 1.29 is 28.6 Å². The SMILES string of the molecule is CCCCC/C=C\C/C=C\CCCCCCCCCC(=O)OCC(COC(=O)CCCCCCCCCCCCC)OC(=O)CCCCCCC/C=C\CCCCCC. The van der Waals surface area contributed by atoms with Gasteiger partial charge in [0.05, 0.1) is 0 Å². The molecule has 0 saturated carbocycles. The van der Waals surface area contributed by atoms with Gasteiger partial charge in [0.25, 0.3) is 0 Å². The molecule has 0 bridgehead atoms. The first-order valence-corrected chi connectivity index (χ1v) is 25.5. The molecular formula is C53H96O6.